The van der Waals surface area contributed by atoms with Crippen LogP contribution >= 0.6 is 0 Å². The highest BCUT2D eigenvalue weighted by Crippen LogP contribution is 2.12. The fourth-order valence-electron chi connectivity index (χ4n) is 2.58. The van der Waals surface area contributed by atoms with Gasteiger partial charge in [0.15, 0.2) is 0 Å². The van der Waals surface area contributed by atoms with Crippen molar-refractivity contribution in [2.24, 2.45) is 0 Å². The molecule has 0 aromatic heterocycles. The number of hydrogen-bond acceptors (Lipinski definition) is 4. The second-order valence-electron chi connectivity index (χ2n) is 5.15. The highest BCUT2D eigenvalue weighted by atomic mass is 16.2. The molecule has 0 spiro atoms. The minimum Gasteiger partial charge on any atom is -0.376 e. The molecule has 0 aromatic carbocycles. The van der Waals surface area contributed by atoms with E-state index in [4.69, 9.17) is 0 Å². The Balaban J connectivity index is 2.01. The summed E-state index contributed by atoms with van der Waals surface area (Å²) >= 11 is 0. The Hall–Kier alpha value is -1.54. The van der Waals surface area contributed by atoms with E-state index in [1.165, 1.54) is 12.8 Å². The van der Waals surface area contributed by atoms with E-state index in [1.807, 2.05) is 0 Å². The van der Waals surface area contributed by atoms with Gasteiger partial charge in [0.1, 0.15) is 11.6 Å². The Morgan fingerprint density at radius 3 is 2.26 bits per heavy atom. The zero-order valence-electron chi connectivity index (χ0n) is 11.4. The molecule has 0 bridgehead atoms. The van der Waals surface area contributed by atoms with Gasteiger partial charge in [-0.15, -0.1) is 0 Å². The molecular weight excluding hydrogens is 240 g/mol. The molecule has 0 aromatic rings. The molecule has 2 rings (SSSR count). The van der Waals surface area contributed by atoms with Crippen LogP contribution in [0.1, 0.15) is 25.7 Å². The summed E-state index contributed by atoms with van der Waals surface area (Å²) in [4.78, 5) is 16.2. The molecule has 0 unspecified atom stereocenters. The first-order valence-corrected chi connectivity index (χ1v) is 7.17. The maximum atomic E-state index is 12.3. The second-order valence-corrected chi connectivity index (χ2v) is 5.15. The van der Waals surface area contributed by atoms with Crippen molar-refractivity contribution in [1.82, 2.24) is 15.1 Å². The molecule has 1 N–H and O–H groups in total. The van der Waals surface area contributed by atoms with Crippen molar-refractivity contribution in [2.45, 2.75) is 25.7 Å². The van der Waals surface area contributed by atoms with Gasteiger partial charge in [0.05, 0.1) is 0 Å². The summed E-state index contributed by atoms with van der Waals surface area (Å²) in [7, 11) is 0. The largest absolute Gasteiger partial charge is 0.376 e. The van der Waals surface area contributed by atoms with Crippen LogP contribution in [0.2, 0.25) is 0 Å². The van der Waals surface area contributed by atoms with Crippen molar-refractivity contribution in [1.29, 1.82) is 5.26 Å². The number of rotatable bonds is 2. The summed E-state index contributed by atoms with van der Waals surface area (Å²) in [6, 6.07) is 2.07. The first-order chi connectivity index (χ1) is 9.31. The van der Waals surface area contributed by atoms with Gasteiger partial charge in [-0.3, -0.25) is 4.79 Å². The lowest BCUT2D eigenvalue weighted by molar-refractivity contribution is -0.127. The van der Waals surface area contributed by atoms with E-state index in [9.17, 15) is 10.1 Å². The van der Waals surface area contributed by atoms with Crippen LogP contribution in [0.25, 0.3) is 0 Å². The van der Waals surface area contributed by atoms with Crippen LogP contribution < -0.4 is 5.32 Å². The smallest absolute Gasteiger partial charge is 0.266 e. The quantitative estimate of drug-likeness (QED) is 0.588. The number of carbonyl (C=O) groups is 1. The highest BCUT2D eigenvalue weighted by Gasteiger charge is 2.21. The van der Waals surface area contributed by atoms with Crippen LogP contribution in [0.15, 0.2) is 11.8 Å². The average molecular weight is 262 g/mol. The van der Waals surface area contributed by atoms with Crippen LogP contribution in [-0.4, -0.2) is 55.0 Å². The molecule has 2 saturated heterocycles. The average Bonchev–Trinajstić information content (AvgIpc) is 2.73. The topological polar surface area (TPSA) is 59.4 Å². The normalized spacial score (nSPS) is 21.7. The highest BCUT2D eigenvalue weighted by molar-refractivity contribution is 5.97. The Labute approximate surface area is 114 Å². The minimum absolute atomic E-state index is 0.117. The third-order valence-electron chi connectivity index (χ3n) is 3.71. The van der Waals surface area contributed by atoms with Crippen LogP contribution in [0.4, 0.5) is 0 Å². The molecule has 5 nitrogen and oxygen atoms in total. The van der Waals surface area contributed by atoms with Gasteiger partial charge in [0.25, 0.3) is 5.91 Å². The molecule has 0 radical (unpaired) electrons. The van der Waals surface area contributed by atoms with E-state index >= 15 is 0 Å². The summed E-state index contributed by atoms with van der Waals surface area (Å²) in [5.41, 5.74) is 0.281. The lowest BCUT2D eigenvalue weighted by atomic mass is 10.2. The van der Waals surface area contributed by atoms with Gasteiger partial charge in [-0.25, -0.2) is 0 Å². The van der Waals surface area contributed by atoms with E-state index < -0.39 is 0 Å². The zero-order chi connectivity index (χ0) is 13.5. The maximum Gasteiger partial charge on any atom is 0.266 e. The van der Waals surface area contributed by atoms with Gasteiger partial charge in [-0.05, 0) is 12.8 Å². The zero-order valence-corrected chi connectivity index (χ0v) is 11.4. The van der Waals surface area contributed by atoms with E-state index in [-0.39, 0.29) is 11.5 Å². The van der Waals surface area contributed by atoms with Gasteiger partial charge in [0, 0.05) is 45.5 Å². The van der Waals surface area contributed by atoms with E-state index in [0.717, 1.165) is 39.0 Å². The third kappa shape index (κ3) is 3.97. The third-order valence-corrected chi connectivity index (χ3v) is 3.71. The van der Waals surface area contributed by atoms with Gasteiger partial charge in [-0.2, -0.15) is 5.26 Å². The minimum atomic E-state index is -0.117. The Bertz CT molecular complexity index is 371. The predicted molar refractivity (Wildman–Crippen MR) is 73.2 cm³/mol. The monoisotopic (exact) mass is 262 g/mol. The van der Waals surface area contributed by atoms with Crippen LogP contribution in [0.3, 0.4) is 0 Å². The molecular formula is C14H22N4O. The number of piperazine rings is 1. The van der Waals surface area contributed by atoms with Crippen molar-refractivity contribution in [3.05, 3.63) is 11.8 Å². The molecule has 0 aliphatic carbocycles. The molecule has 0 atom stereocenters. The van der Waals surface area contributed by atoms with Crippen molar-refractivity contribution in [3.63, 3.8) is 0 Å². The van der Waals surface area contributed by atoms with Gasteiger partial charge in [0.2, 0.25) is 0 Å². The molecule has 19 heavy (non-hydrogen) atoms. The van der Waals surface area contributed by atoms with Crippen molar-refractivity contribution < 1.29 is 4.79 Å². The summed E-state index contributed by atoms with van der Waals surface area (Å²) in [5, 5.41) is 12.4. The molecule has 2 heterocycles. The molecule has 2 fully saturated rings. The van der Waals surface area contributed by atoms with Crippen LogP contribution in [-0.2, 0) is 4.79 Å². The van der Waals surface area contributed by atoms with Crippen molar-refractivity contribution in [2.75, 3.05) is 39.3 Å². The molecule has 2 aliphatic rings. The second kappa shape index (κ2) is 7.15. The molecule has 104 valence electrons. The number of carbonyl (C=O) groups excluding carboxylic acids is 1. The van der Waals surface area contributed by atoms with E-state index in [1.54, 1.807) is 11.1 Å². The Morgan fingerprint density at radius 2 is 1.68 bits per heavy atom. The first kappa shape index (κ1) is 13.9. The number of nitrogens with zero attached hydrogens (tertiary/aromatic N) is 3. The number of hydrogen-bond donors (Lipinski definition) is 1. The Morgan fingerprint density at radius 1 is 1.05 bits per heavy atom. The summed E-state index contributed by atoms with van der Waals surface area (Å²) < 4.78 is 0. The number of amides is 1. The number of nitriles is 1. The summed E-state index contributed by atoms with van der Waals surface area (Å²) in [6.45, 7) is 4.93. The standard InChI is InChI=1S/C14H22N4O/c15-11-13(12-17-7-3-1-2-4-8-17)14(19)18-9-5-16-6-10-18/h12,16H,1-10H2/b13-12-. The fraction of sp³-hybridized carbons (Fsp3) is 0.714. The maximum absolute atomic E-state index is 12.3. The van der Waals surface area contributed by atoms with Crippen molar-refractivity contribution >= 4 is 5.91 Å². The number of likely N-dealkylation sites (tertiary alicyclic amines) is 1. The predicted octanol–water partition coefficient (Wildman–Crippen LogP) is 0.702. The van der Waals surface area contributed by atoms with Crippen LogP contribution in [0.5, 0.6) is 0 Å². The van der Waals surface area contributed by atoms with Gasteiger partial charge in [-0.1, -0.05) is 12.8 Å². The Kier molecular flexibility index (Phi) is 5.22. The fourth-order valence-corrected chi connectivity index (χ4v) is 2.58. The number of nitrogens with one attached hydrogen (secondary N) is 1. The lowest BCUT2D eigenvalue weighted by Crippen LogP contribution is -2.47. The van der Waals surface area contributed by atoms with Gasteiger partial charge < -0.3 is 15.1 Å². The van der Waals surface area contributed by atoms with E-state index in [2.05, 4.69) is 16.3 Å². The van der Waals surface area contributed by atoms with E-state index in [0.29, 0.717) is 13.1 Å². The summed E-state index contributed by atoms with van der Waals surface area (Å²) in [5.74, 6) is -0.117. The first-order valence-electron chi connectivity index (χ1n) is 7.17. The molecule has 5 heteroatoms. The van der Waals surface area contributed by atoms with Crippen LogP contribution in [0, 0.1) is 11.3 Å². The SMILES string of the molecule is N#C/C(=C/N1CCCCCC1)C(=O)N1CCNCC1. The van der Waals surface area contributed by atoms with Gasteiger partial charge >= 0.3 is 0 Å². The lowest BCUT2D eigenvalue weighted by Gasteiger charge is -2.27. The molecule has 2 aliphatic heterocycles. The molecule has 0 saturated carbocycles. The summed E-state index contributed by atoms with van der Waals surface area (Å²) in [6.07, 6.45) is 6.57. The van der Waals surface area contributed by atoms with Crippen molar-refractivity contribution in [3.8, 4) is 6.07 Å². The molecule has 1 amide bonds.